The van der Waals surface area contributed by atoms with E-state index in [1.165, 1.54) is 29.9 Å². The van der Waals surface area contributed by atoms with Gasteiger partial charge in [0.1, 0.15) is 12.3 Å². The Morgan fingerprint density at radius 2 is 1.85 bits per heavy atom. The molecule has 1 aliphatic carbocycles. The molecule has 0 bridgehead atoms. The normalized spacial score (nSPS) is 22.7. The third kappa shape index (κ3) is 7.91. The van der Waals surface area contributed by atoms with Gasteiger partial charge in [0.2, 0.25) is 10.0 Å². The number of nitrogens with one attached hydrogen (secondary N) is 2. The lowest BCUT2D eigenvalue weighted by molar-refractivity contribution is -0.140. The molecule has 1 unspecified atom stereocenters. The number of hydrogen-bond acceptors (Lipinski definition) is 7. The van der Waals surface area contributed by atoms with Crippen molar-refractivity contribution in [3.05, 3.63) is 48.2 Å². The van der Waals surface area contributed by atoms with Crippen LogP contribution >= 0.6 is 0 Å². The lowest BCUT2D eigenvalue weighted by Crippen LogP contribution is -2.55. The van der Waals surface area contributed by atoms with E-state index in [0.29, 0.717) is 16.6 Å². The molecule has 1 saturated carbocycles. The van der Waals surface area contributed by atoms with Gasteiger partial charge in [-0.25, -0.2) is 13.6 Å². The second-order valence-electron chi connectivity index (χ2n) is 12.4. The van der Waals surface area contributed by atoms with E-state index in [-0.39, 0.29) is 40.6 Å². The van der Waals surface area contributed by atoms with Crippen LogP contribution in [0.3, 0.4) is 0 Å². The van der Waals surface area contributed by atoms with Crippen LogP contribution in [0.25, 0.3) is 10.9 Å². The monoisotopic (exact) mass is 661 g/mol. The van der Waals surface area contributed by atoms with Crippen molar-refractivity contribution < 1.29 is 31.1 Å². The van der Waals surface area contributed by atoms with Crippen LogP contribution in [0, 0.1) is 11.8 Å². The average molecular weight is 662 g/mol. The number of rotatable bonds is 9. The first kappa shape index (κ1) is 33.9. The van der Waals surface area contributed by atoms with Crippen molar-refractivity contribution in [2.75, 3.05) is 44.5 Å². The first-order valence-corrected chi connectivity index (χ1v) is 17.0. The van der Waals surface area contributed by atoms with Crippen LogP contribution in [0.15, 0.2) is 47.4 Å². The molecule has 5 rings (SSSR count). The van der Waals surface area contributed by atoms with Crippen molar-refractivity contribution in [1.29, 1.82) is 0 Å². The Morgan fingerprint density at radius 3 is 2.52 bits per heavy atom. The van der Waals surface area contributed by atoms with Crippen LogP contribution in [-0.2, 0) is 21.3 Å². The molecule has 4 N–H and O–H groups in total. The van der Waals surface area contributed by atoms with Gasteiger partial charge in [-0.15, -0.1) is 0 Å². The fraction of sp³-hybridized carbons (Fsp3) is 0.515. The van der Waals surface area contributed by atoms with E-state index in [4.69, 9.17) is 14.6 Å². The Morgan fingerprint density at radius 1 is 1.09 bits per heavy atom. The van der Waals surface area contributed by atoms with Crippen molar-refractivity contribution in [1.82, 2.24) is 9.47 Å². The molecule has 1 aromatic heterocycles. The molecule has 2 fully saturated rings. The zero-order chi connectivity index (χ0) is 33.1. The maximum atomic E-state index is 13.7. The number of halogens is 3. The molecule has 1 saturated heterocycles. The van der Waals surface area contributed by atoms with Crippen molar-refractivity contribution >= 4 is 32.3 Å². The van der Waals surface area contributed by atoms with Crippen molar-refractivity contribution in [3.8, 4) is 17.6 Å². The van der Waals surface area contributed by atoms with Crippen LogP contribution in [-0.4, -0.2) is 75.6 Å². The summed E-state index contributed by atoms with van der Waals surface area (Å²) in [5.74, 6) is 6.05. The second kappa shape index (κ2) is 13.7. The van der Waals surface area contributed by atoms with Crippen molar-refractivity contribution in [3.63, 3.8) is 0 Å². The predicted molar refractivity (Wildman–Crippen MR) is 174 cm³/mol. The molecule has 1 aliphatic heterocycles. The highest BCUT2D eigenvalue weighted by molar-refractivity contribution is 7.89. The number of nitrogens with zero attached hydrogens (tertiary/aromatic N) is 2. The van der Waals surface area contributed by atoms with Gasteiger partial charge in [-0.05, 0) is 88.2 Å². The highest BCUT2D eigenvalue weighted by atomic mass is 32.2. The first-order chi connectivity index (χ1) is 21.8. The summed E-state index contributed by atoms with van der Waals surface area (Å²) in [6.07, 6.45) is 2.06. The molecule has 0 amide bonds. The Labute approximate surface area is 268 Å². The molecule has 2 heterocycles. The molecule has 9 nitrogen and oxygen atoms in total. The minimum atomic E-state index is -4.44. The zero-order valence-electron chi connectivity index (χ0n) is 26.4. The lowest BCUT2D eigenvalue weighted by Gasteiger charge is -2.49. The van der Waals surface area contributed by atoms with Crippen LogP contribution in [0.2, 0.25) is 0 Å². The third-order valence-corrected chi connectivity index (χ3v) is 10.2. The summed E-state index contributed by atoms with van der Waals surface area (Å²) in [4.78, 5) is 2.47. The van der Waals surface area contributed by atoms with Gasteiger partial charge in [0.25, 0.3) is 0 Å². The van der Waals surface area contributed by atoms with Crippen LogP contribution in [0.1, 0.15) is 51.1 Å². The largest absolute Gasteiger partial charge is 0.495 e. The number of alkyl halides is 3. The number of aromatic nitrogens is 1. The molecule has 250 valence electrons. The van der Waals surface area contributed by atoms with Gasteiger partial charge in [0.15, 0.2) is 0 Å². The maximum absolute atomic E-state index is 13.7. The summed E-state index contributed by atoms with van der Waals surface area (Å²) in [6, 6.07) is 11.4. The maximum Gasteiger partial charge on any atom is 0.406 e. The highest BCUT2D eigenvalue weighted by Gasteiger charge is 2.38. The first-order valence-electron chi connectivity index (χ1n) is 15.5. The molecule has 46 heavy (non-hydrogen) atoms. The number of anilines is 2. The van der Waals surface area contributed by atoms with Crippen molar-refractivity contribution in [2.45, 2.75) is 80.7 Å². The summed E-state index contributed by atoms with van der Waals surface area (Å²) < 4.78 is 76.6. The second-order valence-corrected chi connectivity index (χ2v) is 14.0. The van der Waals surface area contributed by atoms with E-state index < -0.39 is 22.7 Å². The number of fused-ring (bicyclic) bond motifs is 1. The number of sulfonamides is 1. The fourth-order valence-corrected chi connectivity index (χ4v) is 7.20. The molecular weight excluding hydrogens is 619 g/mol. The summed E-state index contributed by atoms with van der Waals surface area (Å²) in [6.45, 7) is 3.29. The number of likely N-dealkylation sites (tertiary alicyclic amines) is 1. The molecule has 2 aromatic carbocycles. The van der Waals surface area contributed by atoms with Gasteiger partial charge in [-0.1, -0.05) is 12.0 Å². The van der Waals surface area contributed by atoms with Gasteiger partial charge in [-0.3, -0.25) is 4.90 Å². The van der Waals surface area contributed by atoms with Crippen molar-refractivity contribution in [2.24, 2.45) is 5.14 Å². The van der Waals surface area contributed by atoms with Crippen LogP contribution in [0.5, 0.6) is 5.75 Å². The van der Waals surface area contributed by atoms with Gasteiger partial charge < -0.3 is 24.7 Å². The minimum Gasteiger partial charge on any atom is -0.495 e. The summed E-state index contributed by atoms with van der Waals surface area (Å²) >= 11 is 0. The summed E-state index contributed by atoms with van der Waals surface area (Å²) in [5.41, 5.74) is 2.08. The molecule has 3 aromatic rings. The van der Waals surface area contributed by atoms with E-state index >= 15 is 0 Å². The molecule has 13 heteroatoms. The number of nitrogens with two attached hydrogens (primary N) is 1. The smallest absolute Gasteiger partial charge is 0.406 e. The van der Waals surface area contributed by atoms with Crippen LogP contribution < -0.4 is 20.5 Å². The third-order valence-electron chi connectivity index (χ3n) is 9.27. The van der Waals surface area contributed by atoms with E-state index in [9.17, 15) is 21.6 Å². The number of benzene rings is 2. The van der Waals surface area contributed by atoms with E-state index in [1.807, 2.05) is 6.07 Å². The summed E-state index contributed by atoms with van der Waals surface area (Å²) in [7, 11) is -0.743. The zero-order valence-corrected chi connectivity index (χ0v) is 27.2. The Kier molecular flexibility index (Phi) is 10.1. The quantitative estimate of drug-likeness (QED) is 0.258. The average Bonchev–Trinajstić information content (AvgIpc) is 3.36. The fourth-order valence-electron chi connectivity index (χ4n) is 6.67. The summed E-state index contributed by atoms with van der Waals surface area (Å²) in [5, 5.41) is 12.6. The molecule has 0 radical (unpaired) electrons. The highest BCUT2D eigenvalue weighted by Crippen LogP contribution is 2.38. The number of hydrogen-bond donors (Lipinski definition) is 3. The van der Waals surface area contributed by atoms with Gasteiger partial charge in [0, 0.05) is 42.4 Å². The Balaban J connectivity index is 1.32. The molecule has 0 spiro atoms. The lowest BCUT2D eigenvalue weighted by atomic mass is 9.78. The van der Waals surface area contributed by atoms with E-state index in [0.717, 1.165) is 57.3 Å². The number of primary sulfonamides is 1. The minimum absolute atomic E-state index is 0.0761. The molecular formula is C33H42F3N5O4S. The topological polar surface area (TPSA) is 111 Å². The van der Waals surface area contributed by atoms with Gasteiger partial charge >= 0.3 is 6.18 Å². The number of methoxy groups -OCH3 is 2. The molecule has 2 aliphatic rings. The van der Waals surface area contributed by atoms with E-state index in [1.54, 1.807) is 25.3 Å². The van der Waals surface area contributed by atoms with E-state index in [2.05, 4.69) is 34.3 Å². The predicted octanol–water partition coefficient (Wildman–Crippen LogP) is 5.55. The van der Waals surface area contributed by atoms with Gasteiger partial charge in [-0.2, -0.15) is 13.2 Å². The van der Waals surface area contributed by atoms with Crippen LogP contribution in [0.4, 0.5) is 24.5 Å². The Bertz CT molecular complexity index is 1710. The van der Waals surface area contributed by atoms with Gasteiger partial charge in [0.05, 0.1) is 41.6 Å². The standard InChI is InChI=1S/C33H42F3N5O4S/c1-32(40-18-6-8-25(21-40)44-2)15-13-23(14-16-32)39-28-9-4-10-30-27(28)19-24(41(30)22-33(34,35)36)7-5-17-38-29-12-11-26(46(37,42)43)20-31(29)45-3/h4,9-12,19-20,23,25,38-39H,6,8,13-18,21-22H2,1-3H3,(H2,37,42,43). The SMILES string of the molecule is COc1cc(S(N)(=O)=O)ccc1NCC#Cc1cc2c(NC3CCC(C)(N4CCCC(OC)C4)CC3)cccc2n1CC(F)(F)F. The number of ether oxygens (including phenoxy) is 2. The number of piperidine rings is 1. The Hall–Kier alpha value is -3.44. The molecule has 1 atom stereocenters.